The molecule has 0 spiro atoms. The quantitative estimate of drug-likeness (QED) is 0.534. The molecule has 0 heterocycles. The van der Waals surface area contributed by atoms with Crippen LogP contribution in [-0.2, 0) is 21.4 Å². The second kappa shape index (κ2) is 9.72. The topological polar surface area (TPSA) is 66.9 Å². The van der Waals surface area contributed by atoms with Crippen molar-refractivity contribution in [1.29, 1.82) is 0 Å². The van der Waals surface area contributed by atoms with E-state index in [1.165, 1.54) is 48.4 Å². The minimum Gasteiger partial charge on any atom is -0.497 e. The van der Waals surface area contributed by atoms with Crippen molar-refractivity contribution < 1.29 is 22.3 Å². The molecule has 31 heavy (non-hydrogen) atoms. The van der Waals surface area contributed by atoms with Crippen molar-refractivity contribution in [3.05, 3.63) is 90.2 Å². The first-order chi connectivity index (χ1) is 14.8. The first-order valence-electron chi connectivity index (χ1n) is 9.51. The number of methoxy groups -OCH3 is 1. The summed E-state index contributed by atoms with van der Waals surface area (Å²) < 4.78 is 46.1. The van der Waals surface area contributed by atoms with E-state index in [0.717, 1.165) is 4.31 Å². The number of sulfonamides is 1. The number of amides is 1. The SMILES string of the molecule is COc1cccc(N(C)C(=O)CN(Cc2ccc(F)cc2)S(=O)(=O)c2ccccc2)c1. The van der Waals surface area contributed by atoms with Gasteiger partial charge < -0.3 is 9.64 Å². The Bertz CT molecular complexity index is 1140. The number of hydrogen-bond donors (Lipinski definition) is 0. The Morgan fingerprint density at radius 2 is 1.65 bits per heavy atom. The third-order valence-electron chi connectivity index (χ3n) is 4.78. The van der Waals surface area contributed by atoms with E-state index in [0.29, 0.717) is 17.0 Å². The Labute approximate surface area is 181 Å². The van der Waals surface area contributed by atoms with E-state index in [1.807, 2.05) is 0 Å². The fourth-order valence-electron chi connectivity index (χ4n) is 2.98. The van der Waals surface area contributed by atoms with E-state index in [4.69, 9.17) is 4.74 Å². The summed E-state index contributed by atoms with van der Waals surface area (Å²) in [4.78, 5) is 14.4. The van der Waals surface area contributed by atoms with Gasteiger partial charge >= 0.3 is 0 Å². The Kier molecular flexibility index (Phi) is 7.04. The predicted molar refractivity (Wildman–Crippen MR) is 117 cm³/mol. The lowest BCUT2D eigenvalue weighted by Gasteiger charge is -2.25. The smallest absolute Gasteiger partial charge is 0.243 e. The Balaban J connectivity index is 1.90. The van der Waals surface area contributed by atoms with Crippen LogP contribution in [0.2, 0.25) is 0 Å². The molecular formula is C23H23FN2O4S. The standard InChI is InChI=1S/C23H23FN2O4S/c1-25(20-7-6-8-21(15-20)30-2)23(27)17-26(16-18-11-13-19(24)14-12-18)31(28,29)22-9-4-3-5-10-22/h3-15H,16-17H2,1-2H3. The number of hydrogen-bond acceptors (Lipinski definition) is 4. The van der Waals surface area contributed by atoms with E-state index >= 15 is 0 Å². The van der Waals surface area contributed by atoms with Crippen molar-refractivity contribution in [1.82, 2.24) is 4.31 Å². The van der Waals surface area contributed by atoms with Crippen molar-refractivity contribution in [2.24, 2.45) is 0 Å². The van der Waals surface area contributed by atoms with Crippen molar-refractivity contribution in [2.45, 2.75) is 11.4 Å². The highest BCUT2D eigenvalue weighted by Crippen LogP contribution is 2.22. The monoisotopic (exact) mass is 442 g/mol. The lowest BCUT2D eigenvalue weighted by atomic mass is 10.2. The van der Waals surface area contributed by atoms with Crippen LogP contribution in [-0.4, -0.2) is 39.3 Å². The third-order valence-corrected chi connectivity index (χ3v) is 6.59. The molecule has 3 rings (SSSR count). The summed E-state index contributed by atoms with van der Waals surface area (Å²) in [5, 5.41) is 0. The number of rotatable bonds is 8. The molecule has 0 saturated heterocycles. The van der Waals surface area contributed by atoms with Gasteiger partial charge in [-0.05, 0) is 42.0 Å². The van der Waals surface area contributed by atoms with Crippen LogP contribution < -0.4 is 9.64 Å². The molecule has 3 aromatic carbocycles. The zero-order valence-corrected chi connectivity index (χ0v) is 18.0. The predicted octanol–water partition coefficient (Wildman–Crippen LogP) is 3.69. The minimum absolute atomic E-state index is 0.0742. The molecule has 1 amide bonds. The Hall–Kier alpha value is -3.23. The fraction of sp³-hybridized carbons (Fsp3) is 0.174. The van der Waals surface area contributed by atoms with Gasteiger partial charge in [-0.2, -0.15) is 4.31 Å². The highest BCUT2D eigenvalue weighted by Gasteiger charge is 2.28. The Morgan fingerprint density at radius 1 is 0.968 bits per heavy atom. The average Bonchev–Trinajstić information content (AvgIpc) is 2.80. The van der Waals surface area contributed by atoms with Gasteiger partial charge in [-0.3, -0.25) is 4.79 Å². The Morgan fingerprint density at radius 3 is 2.29 bits per heavy atom. The first kappa shape index (κ1) is 22.5. The molecule has 8 heteroatoms. The zero-order valence-electron chi connectivity index (χ0n) is 17.2. The largest absolute Gasteiger partial charge is 0.497 e. The van der Waals surface area contributed by atoms with Crippen molar-refractivity contribution in [2.75, 3.05) is 25.6 Å². The van der Waals surface area contributed by atoms with Crippen LogP contribution in [0.15, 0.2) is 83.8 Å². The van der Waals surface area contributed by atoms with Gasteiger partial charge in [0.1, 0.15) is 11.6 Å². The molecule has 0 aliphatic carbocycles. The summed E-state index contributed by atoms with van der Waals surface area (Å²) >= 11 is 0. The second-order valence-corrected chi connectivity index (χ2v) is 8.80. The van der Waals surface area contributed by atoms with E-state index in [2.05, 4.69) is 0 Å². The van der Waals surface area contributed by atoms with Gasteiger partial charge in [0.15, 0.2) is 0 Å². The summed E-state index contributed by atoms with van der Waals surface area (Å²) in [6, 6.07) is 20.3. The molecule has 0 N–H and O–H groups in total. The lowest BCUT2D eigenvalue weighted by molar-refractivity contribution is -0.118. The maximum Gasteiger partial charge on any atom is 0.243 e. The molecule has 0 atom stereocenters. The second-order valence-electron chi connectivity index (χ2n) is 6.87. The molecule has 0 unspecified atom stereocenters. The van der Waals surface area contributed by atoms with Crippen LogP contribution in [0.25, 0.3) is 0 Å². The number of ether oxygens (including phenoxy) is 1. The summed E-state index contributed by atoms with van der Waals surface area (Å²) in [5.41, 5.74) is 1.14. The van der Waals surface area contributed by atoms with Gasteiger partial charge in [0.25, 0.3) is 0 Å². The van der Waals surface area contributed by atoms with Crippen LogP contribution in [0.1, 0.15) is 5.56 Å². The minimum atomic E-state index is -3.97. The molecule has 0 aliphatic rings. The zero-order chi connectivity index (χ0) is 22.4. The van der Waals surface area contributed by atoms with Crippen LogP contribution >= 0.6 is 0 Å². The lowest BCUT2D eigenvalue weighted by Crippen LogP contribution is -2.41. The van der Waals surface area contributed by atoms with E-state index in [-0.39, 0.29) is 18.0 Å². The maximum atomic E-state index is 13.3. The van der Waals surface area contributed by atoms with E-state index < -0.39 is 21.7 Å². The normalized spacial score (nSPS) is 11.4. The number of anilines is 1. The third kappa shape index (κ3) is 5.48. The molecule has 162 valence electrons. The molecule has 3 aromatic rings. The van der Waals surface area contributed by atoms with Crippen LogP contribution in [0.5, 0.6) is 5.75 Å². The van der Waals surface area contributed by atoms with Gasteiger partial charge in [0, 0.05) is 25.3 Å². The van der Waals surface area contributed by atoms with E-state index in [9.17, 15) is 17.6 Å². The van der Waals surface area contributed by atoms with Gasteiger partial charge in [-0.15, -0.1) is 0 Å². The van der Waals surface area contributed by atoms with Crippen molar-refractivity contribution >= 4 is 21.6 Å². The molecule has 0 saturated carbocycles. The number of nitrogens with zero attached hydrogens (tertiary/aromatic N) is 2. The van der Waals surface area contributed by atoms with Crippen molar-refractivity contribution in [3.8, 4) is 5.75 Å². The molecule has 0 fully saturated rings. The summed E-state index contributed by atoms with van der Waals surface area (Å²) in [6.07, 6.45) is 0. The molecular weight excluding hydrogens is 419 g/mol. The van der Waals surface area contributed by atoms with Gasteiger partial charge in [0.2, 0.25) is 15.9 Å². The summed E-state index contributed by atoms with van der Waals surface area (Å²) in [5.74, 6) is -0.262. The molecule has 6 nitrogen and oxygen atoms in total. The van der Waals surface area contributed by atoms with Crippen molar-refractivity contribution in [3.63, 3.8) is 0 Å². The molecule has 0 aromatic heterocycles. The summed E-state index contributed by atoms with van der Waals surface area (Å²) in [6.45, 7) is -0.461. The van der Waals surface area contributed by atoms with Crippen LogP contribution in [0.3, 0.4) is 0 Å². The summed E-state index contributed by atoms with van der Waals surface area (Å²) in [7, 11) is -0.868. The number of benzene rings is 3. The number of carbonyl (C=O) groups is 1. The fourth-order valence-corrected chi connectivity index (χ4v) is 4.38. The molecule has 0 radical (unpaired) electrons. The van der Waals surface area contributed by atoms with Gasteiger partial charge in [-0.1, -0.05) is 36.4 Å². The number of likely N-dealkylation sites (N-methyl/N-ethyl adjacent to an activating group) is 1. The number of carbonyl (C=O) groups excluding carboxylic acids is 1. The van der Waals surface area contributed by atoms with Crippen LogP contribution in [0, 0.1) is 5.82 Å². The maximum absolute atomic E-state index is 13.3. The molecule has 0 aliphatic heterocycles. The highest BCUT2D eigenvalue weighted by atomic mass is 32.2. The van der Waals surface area contributed by atoms with Gasteiger partial charge in [-0.25, -0.2) is 12.8 Å². The van der Waals surface area contributed by atoms with Crippen LogP contribution in [0.4, 0.5) is 10.1 Å². The molecule has 0 bridgehead atoms. The van der Waals surface area contributed by atoms with E-state index in [1.54, 1.807) is 49.5 Å². The average molecular weight is 443 g/mol. The highest BCUT2D eigenvalue weighted by molar-refractivity contribution is 7.89. The number of halogens is 1. The van der Waals surface area contributed by atoms with Gasteiger partial charge in [0.05, 0.1) is 18.6 Å². The first-order valence-corrected chi connectivity index (χ1v) is 11.0.